The Hall–Kier alpha value is -2.15. The van der Waals surface area contributed by atoms with Crippen molar-refractivity contribution < 1.29 is 0 Å². The van der Waals surface area contributed by atoms with Crippen LogP contribution in [0.3, 0.4) is 0 Å². The standard InChI is InChI=1S/C26H35N/c1-19(2)10-7-11-21(5)18-24-14-9-15-25-26(24)23(16-17-27-25)13-8-12-22(6)20(3)4/h9,12,14-17,20H,1,5,7-8,10-11,13,18H2,2-4,6H3/b22-12+. The zero-order valence-electron chi connectivity index (χ0n) is 17.6. The monoisotopic (exact) mass is 361 g/mol. The van der Waals surface area contributed by atoms with E-state index in [1.165, 1.54) is 33.2 Å². The largest absolute Gasteiger partial charge is 0.256 e. The second kappa shape index (κ2) is 10.3. The Morgan fingerprint density at radius 1 is 1.07 bits per heavy atom. The fraction of sp³-hybridized carbons (Fsp3) is 0.423. The summed E-state index contributed by atoms with van der Waals surface area (Å²) in [6, 6.07) is 8.68. The average molecular weight is 362 g/mol. The van der Waals surface area contributed by atoms with Gasteiger partial charge in [0.05, 0.1) is 5.52 Å². The van der Waals surface area contributed by atoms with Gasteiger partial charge >= 0.3 is 0 Å². The minimum Gasteiger partial charge on any atom is -0.256 e. The van der Waals surface area contributed by atoms with Crippen molar-refractivity contribution in [2.75, 3.05) is 0 Å². The third kappa shape index (κ3) is 6.50. The molecule has 0 unspecified atom stereocenters. The van der Waals surface area contributed by atoms with E-state index in [0.717, 1.165) is 44.0 Å². The quantitative estimate of drug-likeness (QED) is 0.397. The maximum absolute atomic E-state index is 4.61. The molecule has 2 aromatic rings. The lowest BCUT2D eigenvalue weighted by molar-refractivity contribution is 0.759. The second-order valence-electron chi connectivity index (χ2n) is 8.16. The Balaban J connectivity index is 2.18. The first-order valence-corrected chi connectivity index (χ1v) is 10.2. The molecular weight excluding hydrogens is 326 g/mol. The van der Waals surface area contributed by atoms with Gasteiger partial charge in [0.1, 0.15) is 0 Å². The Morgan fingerprint density at radius 3 is 2.56 bits per heavy atom. The van der Waals surface area contributed by atoms with Gasteiger partial charge < -0.3 is 0 Å². The molecule has 1 aromatic carbocycles. The minimum absolute atomic E-state index is 0.622. The van der Waals surface area contributed by atoms with Gasteiger partial charge in [-0.2, -0.15) is 0 Å². The van der Waals surface area contributed by atoms with Gasteiger partial charge in [0.2, 0.25) is 0 Å². The predicted octanol–water partition coefficient (Wildman–Crippen LogP) is 7.61. The van der Waals surface area contributed by atoms with Crippen LogP contribution in [0.2, 0.25) is 0 Å². The molecule has 144 valence electrons. The highest BCUT2D eigenvalue weighted by atomic mass is 14.6. The highest BCUT2D eigenvalue weighted by Gasteiger charge is 2.09. The fourth-order valence-electron chi connectivity index (χ4n) is 3.40. The first-order chi connectivity index (χ1) is 12.9. The SMILES string of the molecule is C=C(C)CCCC(=C)Cc1cccc2nccc(CC/C=C(\C)C(C)C)c12. The topological polar surface area (TPSA) is 12.9 Å². The molecule has 0 saturated heterocycles. The van der Waals surface area contributed by atoms with E-state index in [9.17, 15) is 0 Å². The fourth-order valence-corrected chi connectivity index (χ4v) is 3.40. The van der Waals surface area contributed by atoms with Gasteiger partial charge in [-0.3, -0.25) is 4.98 Å². The van der Waals surface area contributed by atoms with Crippen LogP contribution >= 0.6 is 0 Å². The number of fused-ring (bicyclic) bond motifs is 1. The van der Waals surface area contributed by atoms with E-state index in [1.54, 1.807) is 0 Å². The molecule has 0 N–H and O–H groups in total. The number of allylic oxidation sites excluding steroid dienone is 4. The van der Waals surface area contributed by atoms with Crippen LogP contribution in [0.15, 0.2) is 66.4 Å². The summed E-state index contributed by atoms with van der Waals surface area (Å²) in [5, 5.41) is 1.33. The number of rotatable bonds is 10. The number of pyridine rings is 1. The molecule has 1 heterocycles. The van der Waals surface area contributed by atoms with E-state index in [2.05, 4.69) is 76.2 Å². The van der Waals surface area contributed by atoms with Crippen molar-refractivity contribution in [3.05, 3.63) is 77.5 Å². The zero-order valence-corrected chi connectivity index (χ0v) is 17.6. The molecule has 1 nitrogen and oxygen atoms in total. The molecule has 0 amide bonds. The van der Waals surface area contributed by atoms with Crippen molar-refractivity contribution in [2.45, 2.75) is 66.2 Å². The molecule has 0 aliphatic carbocycles. The van der Waals surface area contributed by atoms with Crippen LogP contribution in [0.4, 0.5) is 0 Å². The van der Waals surface area contributed by atoms with E-state index in [4.69, 9.17) is 0 Å². The van der Waals surface area contributed by atoms with Crippen molar-refractivity contribution in [3.63, 3.8) is 0 Å². The van der Waals surface area contributed by atoms with Gasteiger partial charge in [0.25, 0.3) is 0 Å². The first-order valence-electron chi connectivity index (χ1n) is 10.2. The average Bonchev–Trinajstić information content (AvgIpc) is 2.61. The lowest BCUT2D eigenvalue weighted by Gasteiger charge is -2.13. The second-order valence-corrected chi connectivity index (χ2v) is 8.16. The Labute approximate surface area is 165 Å². The van der Waals surface area contributed by atoms with Gasteiger partial charge in [-0.25, -0.2) is 0 Å². The molecule has 0 spiro atoms. The van der Waals surface area contributed by atoms with Gasteiger partial charge in [0, 0.05) is 11.6 Å². The lowest BCUT2D eigenvalue weighted by atomic mass is 9.93. The number of nitrogens with zero attached hydrogens (tertiary/aromatic N) is 1. The minimum atomic E-state index is 0.622. The molecule has 0 bridgehead atoms. The van der Waals surface area contributed by atoms with Crippen LogP contribution in [0, 0.1) is 5.92 Å². The Bertz CT molecular complexity index is 818. The molecular formula is C26H35N. The number of aromatic nitrogens is 1. The van der Waals surface area contributed by atoms with Crippen molar-refractivity contribution >= 4 is 10.9 Å². The molecule has 0 aliphatic heterocycles. The normalized spacial score (nSPS) is 12.0. The maximum atomic E-state index is 4.61. The summed E-state index contributed by atoms with van der Waals surface area (Å²) in [6.07, 6.45) is 10.7. The van der Waals surface area contributed by atoms with Gasteiger partial charge in [-0.15, -0.1) is 6.58 Å². The van der Waals surface area contributed by atoms with Gasteiger partial charge in [-0.1, -0.05) is 55.4 Å². The van der Waals surface area contributed by atoms with Crippen LogP contribution in [0.25, 0.3) is 10.9 Å². The number of hydrogen-bond acceptors (Lipinski definition) is 1. The Morgan fingerprint density at radius 2 is 1.85 bits per heavy atom. The highest BCUT2D eigenvalue weighted by Crippen LogP contribution is 2.26. The third-order valence-electron chi connectivity index (χ3n) is 5.30. The summed E-state index contributed by atoms with van der Waals surface area (Å²) < 4.78 is 0. The molecule has 0 atom stereocenters. The Kier molecular flexibility index (Phi) is 8.03. The smallest absolute Gasteiger partial charge is 0.0707 e. The summed E-state index contributed by atoms with van der Waals surface area (Å²) in [4.78, 5) is 4.61. The van der Waals surface area contributed by atoms with Crippen molar-refractivity contribution in [2.24, 2.45) is 5.92 Å². The van der Waals surface area contributed by atoms with E-state index >= 15 is 0 Å². The predicted molar refractivity (Wildman–Crippen MR) is 120 cm³/mol. The summed E-state index contributed by atoms with van der Waals surface area (Å²) in [6.45, 7) is 17.2. The molecule has 0 saturated carbocycles. The lowest BCUT2D eigenvalue weighted by Crippen LogP contribution is -1.97. The molecule has 0 radical (unpaired) electrons. The zero-order chi connectivity index (χ0) is 19.8. The van der Waals surface area contributed by atoms with E-state index < -0.39 is 0 Å². The van der Waals surface area contributed by atoms with Crippen LogP contribution in [0.5, 0.6) is 0 Å². The maximum Gasteiger partial charge on any atom is 0.0707 e. The molecule has 0 fully saturated rings. The van der Waals surface area contributed by atoms with Crippen LogP contribution < -0.4 is 0 Å². The van der Waals surface area contributed by atoms with Crippen LogP contribution in [-0.4, -0.2) is 4.98 Å². The summed E-state index contributed by atoms with van der Waals surface area (Å²) >= 11 is 0. The van der Waals surface area contributed by atoms with Crippen molar-refractivity contribution in [3.8, 4) is 0 Å². The van der Waals surface area contributed by atoms with E-state index in [-0.39, 0.29) is 0 Å². The first kappa shape index (κ1) is 21.2. The third-order valence-corrected chi connectivity index (χ3v) is 5.30. The summed E-state index contributed by atoms with van der Waals surface area (Å²) in [5.74, 6) is 0.622. The molecule has 1 heteroatoms. The van der Waals surface area contributed by atoms with Crippen molar-refractivity contribution in [1.29, 1.82) is 0 Å². The van der Waals surface area contributed by atoms with Gasteiger partial charge in [-0.05, 0) is 81.5 Å². The number of aryl methyl sites for hydroxylation is 1. The molecule has 0 aliphatic rings. The molecule has 1 aromatic heterocycles. The molecule has 27 heavy (non-hydrogen) atoms. The molecule has 2 rings (SSSR count). The summed E-state index contributed by atoms with van der Waals surface area (Å²) in [5.41, 5.74) is 7.89. The van der Waals surface area contributed by atoms with Crippen LogP contribution in [-0.2, 0) is 12.8 Å². The van der Waals surface area contributed by atoms with E-state index in [0.29, 0.717) is 5.92 Å². The number of hydrogen-bond donors (Lipinski definition) is 0. The number of benzene rings is 1. The van der Waals surface area contributed by atoms with Crippen LogP contribution in [0.1, 0.15) is 64.5 Å². The van der Waals surface area contributed by atoms with Crippen molar-refractivity contribution in [1.82, 2.24) is 4.98 Å². The summed E-state index contributed by atoms with van der Waals surface area (Å²) in [7, 11) is 0. The van der Waals surface area contributed by atoms with Gasteiger partial charge in [0.15, 0.2) is 0 Å². The highest BCUT2D eigenvalue weighted by molar-refractivity contribution is 5.85. The van der Waals surface area contributed by atoms with E-state index in [1.807, 2.05) is 6.20 Å².